The lowest BCUT2D eigenvalue weighted by Gasteiger charge is -2.49. The zero-order valence-corrected chi connectivity index (χ0v) is 24.4. The van der Waals surface area contributed by atoms with E-state index in [2.05, 4.69) is 10.6 Å². The maximum atomic E-state index is 12.8. The number of carbonyl (C=O) groups excluding carboxylic acids is 5. The molecule has 0 saturated carbocycles. The molecule has 43 heavy (non-hydrogen) atoms. The number of aliphatic carboxylic acids is 1. The van der Waals surface area contributed by atoms with Crippen molar-refractivity contribution >= 4 is 46.4 Å². The van der Waals surface area contributed by atoms with Crippen LogP contribution in [0.5, 0.6) is 0 Å². The highest BCUT2D eigenvalue weighted by Gasteiger charge is 2.57. The summed E-state index contributed by atoms with van der Waals surface area (Å²) in [5.41, 5.74) is -0.0910. The molecular weight excluding hydrogens is 590 g/mol. The monoisotopic (exact) mass is 623 g/mol. The van der Waals surface area contributed by atoms with Gasteiger partial charge in [-0.25, -0.2) is 9.59 Å². The van der Waals surface area contributed by atoms with Crippen LogP contribution in [0.25, 0.3) is 0 Å². The fourth-order valence-electron chi connectivity index (χ4n) is 4.35. The van der Waals surface area contributed by atoms with Crippen LogP contribution in [0.1, 0.15) is 36.5 Å². The summed E-state index contributed by atoms with van der Waals surface area (Å²) in [5, 5.41) is 13.6. The number of carboxylic acid groups (broad SMARTS) is 1. The summed E-state index contributed by atoms with van der Waals surface area (Å²) in [7, 11) is -0.292. The number of amides is 3. The molecule has 3 N–H and O–H groups in total. The number of hydrogen-bond acceptors (Lipinski definition) is 11. The normalized spacial score (nSPS) is 19.9. The molecule has 3 amide bonds. The van der Waals surface area contributed by atoms with Crippen molar-refractivity contribution in [2.24, 2.45) is 0 Å². The average Bonchev–Trinajstić information content (AvgIpc) is 2.97. The quantitative estimate of drug-likeness (QED) is 0.0917. The Balaban J connectivity index is 1.58. The fourth-order valence-corrected chi connectivity index (χ4v) is 6.01. The number of ether oxygens (including phenoxy) is 4. The van der Waals surface area contributed by atoms with Gasteiger partial charge in [0.25, 0.3) is 11.8 Å². The van der Waals surface area contributed by atoms with Crippen LogP contribution in [-0.4, -0.2) is 107 Å². The molecule has 0 aliphatic carbocycles. The van der Waals surface area contributed by atoms with E-state index in [4.69, 9.17) is 18.9 Å². The van der Waals surface area contributed by atoms with Gasteiger partial charge in [-0.2, -0.15) is 0 Å². The Morgan fingerprint density at radius 3 is 2.49 bits per heavy atom. The number of carbonyl (C=O) groups is 6. The zero-order chi connectivity index (χ0) is 31.5. The third kappa shape index (κ3) is 8.92. The lowest BCUT2D eigenvalue weighted by molar-refractivity contribution is -0.159. The standard InChI is InChI=1S/C27H33N3O12S/c1-16(31)41-13-18-14-43(38)25-21(24(34)30(25)22(18)26(35)36)29-20(32)10-6-9-19(27(37)42-15-40-12-11-39-2)28-23(33)17-7-4-3-5-8-17/h3-5,7-8,19,21,25H,6,9-15H2,1-2H3,(H,28,33)(H,29,32)(H,35,36)/t19?,21?,25-,43?/m1/s1. The Morgan fingerprint density at radius 1 is 1.12 bits per heavy atom. The van der Waals surface area contributed by atoms with Crippen LogP contribution in [-0.2, 0) is 53.7 Å². The fraction of sp³-hybridized carbons (Fsp3) is 0.481. The molecule has 15 nitrogen and oxygen atoms in total. The molecule has 2 aliphatic heterocycles. The number of nitrogens with one attached hydrogen (secondary N) is 2. The minimum Gasteiger partial charge on any atom is -0.477 e. The topological polar surface area (TPSA) is 204 Å². The minimum atomic E-state index is -1.78. The number of benzene rings is 1. The average molecular weight is 624 g/mol. The van der Waals surface area contributed by atoms with Gasteiger partial charge < -0.3 is 34.7 Å². The molecule has 0 bridgehead atoms. The largest absolute Gasteiger partial charge is 0.477 e. The van der Waals surface area contributed by atoms with E-state index < -0.39 is 76.2 Å². The highest BCUT2D eigenvalue weighted by Crippen LogP contribution is 2.35. The van der Waals surface area contributed by atoms with Crippen LogP contribution in [0.4, 0.5) is 0 Å². The van der Waals surface area contributed by atoms with Crippen molar-refractivity contribution < 1.29 is 57.0 Å². The second-order valence-corrected chi connectivity index (χ2v) is 11.0. The van der Waals surface area contributed by atoms with E-state index in [1.807, 2.05) is 0 Å². The molecule has 4 atom stereocenters. The Kier molecular flexibility index (Phi) is 12.3. The number of methoxy groups -OCH3 is 1. The van der Waals surface area contributed by atoms with E-state index in [9.17, 15) is 38.1 Å². The molecule has 2 aliphatic rings. The minimum absolute atomic E-state index is 0.00834. The van der Waals surface area contributed by atoms with Gasteiger partial charge in [-0.05, 0) is 25.0 Å². The van der Waals surface area contributed by atoms with Gasteiger partial charge >= 0.3 is 17.9 Å². The van der Waals surface area contributed by atoms with Gasteiger partial charge in [-0.3, -0.25) is 28.3 Å². The van der Waals surface area contributed by atoms with E-state index >= 15 is 0 Å². The number of esters is 2. The molecule has 16 heteroatoms. The summed E-state index contributed by atoms with van der Waals surface area (Å²) in [4.78, 5) is 74.7. The Bertz CT molecular complexity index is 1290. The van der Waals surface area contributed by atoms with E-state index in [0.717, 1.165) is 11.8 Å². The molecule has 234 valence electrons. The molecule has 0 spiro atoms. The highest BCUT2D eigenvalue weighted by molar-refractivity contribution is 7.86. The van der Waals surface area contributed by atoms with Crippen molar-refractivity contribution in [2.75, 3.05) is 39.5 Å². The molecule has 1 aromatic rings. The first-order chi connectivity index (χ1) is 20.5. The molecule has 2 heterocycles. The van der Waals surface area contributed by atoms with Gasteiger partial charge in [0, 0.05) is 31.6 Å². The maximum Gasteiger partial charge on any atom is 0.352 e. The van der Waals surface area contributed by atoms with Crippen LogP contribution in [0.15, 0.2) is 41.6 Å². The van der Waals surface area contributed by atoms with Crippen LogP contribution >= 0.6 is 0 Å². The number of β-lactam (4-membered cyclic amide) rings is 1. The number of nitrogens with zero attached hydrogens (tertiary/aromatic N) is 1. The van der Waals surface area contributed by atoms with Crippen molar-refractivity contribution in [3.8, 4) is 0 Å². The number of hydrogen-bond donors (Lipinski definition) is 3. The van der Waals surface area contributed by atoms with E-state index in [0.29, 0.717) is 12.2 Å². The maximum absolute atomic E-state index is 12.8. The lowest BCUT2D eigenvalue weighted by atomic mass is 10.0. The third-order valence-electron chi connectivity index (χ3n) is 6.41. The Hall–Kier alpha value is -4.15. The summed E-state index contributed by atoms with van der Waals surface area (Å²) < 4.78 is 32.8. The smallest absolute Gasteiger partial charge is 0.352 e. The molecular formula is C27H33N3O12S. The molecule has 3 rings (SSSR count). The lowest BCUT2D eigenvalue weighted by Crippen LogP contribution is -2.73. The summed E-state index contributed by atoms with van der Waals surface area (Å²) in [6, 6.07) is 5.85. The van der Waals surface area contributed by atoms with Gasteiger partial charge in [0.05, 0.1) is 29.8 Å². The van der Waals surface area contributed by atoms with Crippen LogP contribution in [0, 0.1) is 0 Å². The van der Waals surface area contributed by atoms with Gasteiger partial charge in [0.1, 0.15) is 29.8 Å². The Morgan fingerprint density at radius 2 is 1.84 bits per heavy atom. The highest BCUT2D eigenvalue weighted by atomic mass is 32.2. The van der Waals surface area contributed by atoms with Crippen LogP contribution in [0.3, 0.4) is 0 Å². The van der Waals surface area contributed by atoms with Crippen molar-refractivity contribution in [3.63, 3.8) is 0 Å². The third-order valence-corrected chi connectivity index (χ3v) is 8.07. The summed E-state index contributed by atoms with van der Waals surface area (Å²) in [6.07, 6.45) is -0.0669. The van der Waals surface area contributed by atoms with Gasteiger partial charge in [-0.15, -0.1) is 0 Å². The number of rotatable bonds is 16. The molecule has 0 radical (unpaired) electrons. The molecule has 1 fully saturated rings. The van der Waals surface area contributed by atoms with Gasteiger partial charge in [0.2, 0.25) is 5.91 Å². The molecule has 1 saturated heterocycles. The first-order valence-corrected chi connectivity index (χ1v) is 14.6. The van der Waals surface area contributed by atoms with Gasteiger partial charge in [-0.1, -0.05) is 18.2 Å². The molecule has 1 aromatic carbocycles. The molecule has 3 unspecified atom stereocenters. The van der Waals surface area contributed by atoms with Crippen molar-refractivity contribution in [2.45, 2.75) is 43.6 Å². The predicted octanol–water partition coefficient (Wildman–Crippen LogP) is -0.564. The van der Waals surface area contributed by atoms with Crippen molar-refractivity contribution in [1.29, 1.82) is 0 Å². The van der Waals surface area contributed by atoms with E-state index in [1.54, 1.807) is 30.3 Å². The van der Waals surface area contributed by atoms with Crippen molar-refractivity contribution in [3.05, 3.63) is 47.2 Å². The van der Waals surface area contributed by atoms with E-state index in [-0.39, 0.29) is 44.0 Å². The van der Waals surface area contributed by atoms with Crippen molar-refractivity contribution in [1.82, 2.24) is 15.5 Å². The zero-order valence-electron chi connectivity index (χ0n) is 23.6. The first kappa shape index (κ1) is 33.4. The van der Waals surface area contributed by atoms with Crippen LogP contribution < -0.4 is 10.6 Å². The predicted molar refractivity (Wildman–Crippen MR) is 147 cm³/mol. The second-order valence-electron chi connectivity index (χ2n) is 9.47. The molecule has 0 aromatic heterocycles. The van der Waals surface area contributed by atoms with Gasteiger partial charge in [0.15, 0.2) is 6.79 Å². The number of carboxylic acids is 1. The summed E-state index contributed by atoms with van der Waals surface area (Å²) in [6.45, 7) is 0.810. The summed E-state index contributed by atoms with van der Waals surface area (Å²) >= 11 is 0. The van der Waals surface area contributed by atoms with Crippen LogP contribution in [0.2, 0.25) is 0 Å². The number of fused-ring (bicyclic) bond motifs is 1. The first-order valence-electron chi connectivity index (χ1n) is 13.2. The Labute approximate surface area is 249 Å². The van der Waals surface area contributed by atoms with E-state index in [1.165, 1.54) is 7.11 Å². The second kappa shape index (κ2) is 15.9. The SMILES string of the molecule is COCCOCOC(=O)C(CCCC(=O)NC1C(=O)N2C(C(=O)O)=C(COC(C)=O)CS(=O)[C@H]12)NC(=O)c1ccccc1. The summed E-state index contributed by atoms with van der Waals surface area (Å²) in [5.74, 6) is -5.06.